The molecule has 0 aliphatic rings. The van der Waals surface area contributed by atoms with Crippen molar-refractivity contribution in [1.82, 2.24) is 27.5 Å². The summed E-state index contributed by atoms with van der Waals surface area (Å²) < 4.78 is 120. The van der Waals surface area contributed by atoms with Gasteiger partial charge in [-0.2, -0.15) is 28.0 Å². The molecule has 0 amide bonds. The van der Waals surface area contributed by atoms with Crippen LogP contribution in [0.25, 0.3) is 132 Å². The lowest BCUT2D eigenvalue weighted by Gasteiger charge is -2.13. The summed E-state index contributed by atoms with van der Waals surface area (Å²) in [5.41, 5.74) is 7.64. The molecule has 0 fully saturated rings. The van der Waals surface area contributed by atoms with Gasteiger partial charge in [-0.3, -0.25) is 0 Å². The first kappa shape index (κ1) is 50.2. The third-order valence-electron chi connectivity index (χ3n) is 14.1. The fourth-order valence-electron chi connectivity index (χ4n) is 10.3. The van der Waals surface area contributed by atoms with E-state index in [1.807, 2.05) is 121 Å². The lowest BCUT2D eigenvalue weighted by Crippen LogP contribution is -2.03. The fraction of sp³-hybridized carbons (Fsp3) is 0. The number of hydrogen-bond acceptors (Lipinski definition) is 10. The van der Waals surface area contributed by atoms with Gasteiger partial charge in [-0.15, -0.1) is 0 Å². The second-order valence-electron chi connectivity index (χ2n) is 18.6. The van der Waals surface area contributed by atoms with E-state index in [2.05, 4.69) is 17.5 Å². The molecule has 0 N–H and O–H groups in total. The van der Waals surface area contributed by atoms with Crippen LogP contribution in [0, 0.1) is 63.4 Å². The Labute approximate surface area is 462 Å². The highest BCUT2D eigenvalue weighted by molar-refractivity contribution is 7.00. The first-order chi connectivity index (χ1) is 39.5. The Morgan fingerprint density at radius 2 is 0.716 bits per heavy atom. The maximum absolute atomic E-state index is 14.7. The number of hydrogen-bond donors (Lipinski definition) is 0. The highest BCUT2D eigenvalue weighted by atomic mass is 32.1. The molecule has 0 aliphatic carbocycles. The average Bonchev–Trinajstić information content (AvgIpc) is 4.44. The number of halogens is 7. The van der Waals surface area contributed by atoms with Crippen LogP contribution in [0.1, 0.15) is 11.1 Å². The number of nitriles is 2. The van der Waals surface area contributed by atoms with Crippen LogP contribution < -0.4 is 0 Å². The van der Waals surface area contributed by atoms with Gasteiger partial charge in [0, 0.05) is 60.1 Å². The van der Waals surface area contributed by atoms with E-state index in [9.17, 15) is 30.7 Å². The molecule has 81 heavy (non-hydrogen) atoms. The van der Waals surface area contributed by atoms with Crippen molar-refractivity contribution in [3.05, 3.63) is 228 Å². The molecule has 0 unspecified atom stereocenters. The Morgan fingerprint density at radius 3 is 1.16 bits per heavy atom. The standard InChI is InChI=1S/C32H14F4N4S.C32H15F3N4S/c33-26-22(15-37)27(34)29(36)24(28(26)35)17-12-10-16(11-13-17)20-14-21-25(32-31(20)39-41-40-32)19-8-4-5-9-23(19)38-30(21)18-6-2-1-3-7-18;33-25-15-21(28(34)29(35)24(25)16-36)17-10-12-18(13-11-17)22-14-23-27(32-31(22)38-40-39-32)20-8-4-5-9-26(20)37-30(23)19-6-2-1-3-7-19/h1-14H;1-15H. The zero-order valence-electron chi connectivity index (χ0n) is 41.3. The molecule has 14 aromatic rings. The van der Waals surface area contributed by atoms with Crippen molar-refractivity contribution in [3.63, 3.8) is 0 Å². The molecule has 0 spiro atoms. The molecule has 0 saturated carbocycles. The first-order valence-electron chi connectivity index (χ1n) is 24.6. The van der Waals surface area contributed by atoms with Gasteiger partial charge in [0.1, 0.15) is 51.1 Å². The maximum Gasteiger partial charge on any atom is 0.180 e. The van der Waals surface area contributed by atoms with Crippen LogP contribution >= 0.6 is 23.5 Å². The van der Waals surface area contributed by atoms with E-state index < -0.39 is 57.4 Å². The summed E-state index contributed by atoms with van der Waals surface area (Å²) in [7, 11) is 0. The van der Waals surface area contributed by atoms with Crippen molar-refractivity contribution in [2.75, 3.05) is 0 Å². The summed E-state index contributed by atoms with van der Waals surface area (Å²) in [5.74, 6) is -10.6. The number of para-hydroxylation sites is 2. The zero-order chi connectivity index (χ0) is 55.6. The highest BCUT2D eigenvalue weighted by Gasteiger charge is 2.28. The topological polar surface area (TPSA) is 125 Å². The SMILES string of the molecule is N#Cc1c(F)c(F)c(-c2ccc(-c3cc4c(-c5ccccc5)nc5ccccc5c4c4nsnc34)cc2)c(F)c1F.N#Cc1c(F)cc(-c2ccc(-c3cc4c(-c5ccccc5)nc5ccccc5c4c4nsnc34)cc2)c(F)c1F. The van der Waals surface area contributed by atoms with Crippen molar-refractivity contribution < 1.29 is 30.7 Å². The molecule has 0 bridgehead atoms. The molecule has 0 radical (unpaired) electrons. The molecule has 14 rings (SSSR count). The lowest BCUT2D eigenvalue weighted by molar-refractivity contribution is 0.454. The maximum atomic E-state index is 14.7. The summed E-state index contributed by atoms with van der Waals surface area (Å²) in [4.78, 5) is 9.99. The second-order valence-corrected chi connectivity index (χ2v) is 19.7. The van der Waals surface area contributed by atoms with Crippen LogP contribution in [0.4, 0.5) is 30.7 Å². The normalized spacial score (nSPS) is 11.4. The van der Waals surface area contributed by atoms with Gasteiger partial charge < -0.3 is 0 Å². The summed E-state index contributed by atoms with van der Waals surface area (Å²) in [5, 5.41) is 23.3. The van der Waals surface area contributed by atoms with Gasteiger partial charge in [0.15, 0.2) is 34.9 Å². The smallest absolute Gasteiger partial charge is 0.180 e. The molecule has 4 heterocycles. The van der Waals surface area contributed by atoms with Crippen LogP contribution in [0.3, 0.4) is 0 Å². The summed E-state index contributed by atoms with van der Waals surface area (Å²) in [6.45, 7) is 0. The molecule has 0 aliphatic heterocycles. The van der Waals surface area contributed by atoms with Crippen molar-refractivity contribution >= 4 is 88.9 Å². The quantitative estimate of drug-likeness (QED) is 0.0916. The first-order valence-corrected chi connectivity index (χ1v) is 26.1. The third-order valence-corrected chi connectivity index (χ3v) is 15.2. The average molecular weight is 1110 g/mol. The number of nitrogens with zero attached hydrogens (tertiary/aromatic N) is 8. The van der Waals surface area contributed by atoms with Gasteiger partial charge in [0.2, 0.25) is 0 Å². The van der Waals surface area contributed by atoms with E-state index in [0.717, 1.165) is 118 Å². The monoisotopic (exact) mass is 1110 g/mol. The van der Waals surface area contributed by atoms with E-state index in [4.69, 9.17) is 20.5 Å². The summed E-state index contributed by atoms with van der Waals surface area (Å²) in [6, 6.07) is 55.4. The van der Waals surface area contributed by atoms with E-state index >= 15 is 0 Å². The van der Waals surface area contributed by atoms with E-state index in [1.165, 1.54) is 18.2 Å². The number of rotatable bonds is 6. The minimum atomic E-state index is -1.73. The van der Waals surface area contributed by atoms with Crippen LogP contribution in [-0.4, -0.2) is 27.5 Å². The molecule has 17 heteroatoms. The van der Waals surface area contributed by atoms with E-state index in [-0.39, 0.29) is 16.7 Å². The molecule has 0 atom stereocenters. The molecule has 4 aromatic heterocycles. The Morgan fingerprint density at radius 1 is 0.333 bits per heavy atom. The molecule has 10 aromatic carbocycles. The molecule has 8 nitrogen and oxygen atoms in total. The van der Waals surface area contributed by atoms with Gasteiger partial charge in [-0.1, -0.05) is 146 Å². The van der Waals surface area contributed by atoms with Gasteiger partial charge in [-0.05, 0) is 52.6 Å². The number of fused-ring (bicyclic) bond motifs is 10. The summed E-state index contributed by atoms with van der Waals surface area (Å²) in [6.07, 6.45) is 0. The summed E-state index contributed by atoms with van der Waals surface area (Å²) >= 11 is 2.18. The lowest BCUT2D eigenvalue weighted by atomic mass is 9.93. The van der Waals surface area contributed by atoms with E-state index in [0.29, 0.717) is 27.7 Å². The predicted octanol–water partition coefficient (Wildman–Crippen LogP) is 17.5. The molecule has 386 valence electrons. The van der Waals surface area contributed by atoms with Crippen LogP contribution in [0.15, 0.2) is 176 Å². The number of pyridine rings is 2. The van der Waals surface area contributed by atoms with Crippen LogP contribution in [0.5, 0.6) is 0 Å². The van der Waals surface area contributed by atoms with Crippen LogP contribution in [0.2, 0.25) is 0 Å². The van der Waals surface area contributed by atoms with Crippen molar-refractivity contribution in [1.29, 1.82) is 10.5 Å². The van der Waals surface area contributed by atoms with Crippen molar-refractivity contribution in [3.8, 4) is 79.2 Å². The number of aromatic nitrogens is 6. The second kappa shape index (κ2) is 20.2. The zero-order valence-corrected chi connectivity index (χ0v) is 42.9. The number of benzene rings is 10. The van der Waals surface area contributed by atoms with Crippen LogP contribution in [-0.2, 0) is 0 Å². The predicted molar refractivity (Wildman–Crippen MR) is 302 cm³/mol. The van der Waals surface area contributed by atoms with E-state index in [1.54, 1.807) is 36.4 Å². The van der Waals surface area contributed by atoms with Gasteiger partial charge >= 0.3 is 0 Å². The molecule has 0 saturated heterocycles. The molecular weight excluding hydrogens is 1080 g/mol. The largest absolute Gasteiger partial charge is 0.247 e. The van der Waals surface area contributed by atoms with Gasteiger partial charge in [-0.25, -0.2) is 40.7 Å². The Kier molecular flexibility index (Phi) is 12.5. The molecular formula is C64H29F7N8S2. The van der Waals surface area contributed by atoms with Crippen molar-refractivity contribution in [2.24, 2.45) is 0 Å². The van der Waals surface area contributed by atoms with Gasteiger partial charge in [0.25, 0.3) is 0 Å². The Bertz CT molecular complexity index is 4960. The minimum Gasteiger partial charge on any atom is -0.247 e. The fourth-order valence-corrected chi connectivity index (χ4v) is 11.5. The highest BCUT2D eigenvalue weighted by Crippen LogP contribution is 2.44. The Hall–Kier alpha value is -10.3. The third kappa shape index (κ3) is 8.33. The minimum absolute atomic E-state index is 0.0860. The Balaban J connectivity index is 0.000000153. The van der Waals surface area contributed by atoms with Crippen molar-refractivity contribution in [2.45, 2.75) is 0 Å². The van der Waals surface area contributed by atoms with Gasteiger partial charge in [0.05, 0.1) is 51.4 Å².